The van der Waals surface area contributed by atoms with Crippen LogP contribution in [0.5, 0.6) is 48.1 Å². The first-order chi connectivity index (χ1) is 67.5. The van der Waals surface area contributed by atoms with E-state index in [1.165, 1.54) is 34.6 Å². The molecule has 0 fully saturated rings. The molecule has 12 N–H and O–H groups in total. The summed E-state index contributed by atoms with van der Waals surface area (Å²) in [6.45, 7) is 65.6. The van der Waals surface area contributed by atoms with Crippen LogP contribution in [0.2, 0.25) is 0 Å². The third-order valence-electron chi connectivity index (χ3n) is 13.6. The number of carbonyl (C=O) groups excluding carboxylic acids is 8. The minimum Gasteiger partial charge on any atom is -0.475 e. The Morgan fingerprint density at radius 1 is 0.306 bits per heavy atom. The third-order valence-corrected chi connectivity index (χ3v) is 14.1. The standard InChI is InChI=1S/C11H14N4O2.C10H14N4S.C9H9N3O4.C8H10N4O2.C8H7N3O4.C8H9N3O3.C8H9N3O2S.C7H8N4O2.C7H7N3O3.C7H7N3O2S/c1-4-6-15(7-5-2)11-13-8(3)12-9(14-11)10(16)17;1-4-6-14(7-5-2)9-11-8(3)12-10(15)13-9;1-4(2)8(15)16-9-11-5(3)10-6(12-9)7(13)14;1-4(2)6(13)14-8-11-5(3)10-7(9)12-8;1-3-5(12)15-8-10-4(2)9-6(11-8)7(13)14;1-4(2)6(12)14-8-10-5(3)9-7(13)11-8;1-4(2)6(12)13-7-9-5(3)10-8(14)11-7;1-3-5(12)13-7-10-4(2)9-6(8)11-7;1-3-5(11)13-7-9-4(2)8-6(12)10-7;1-3-5(11)12-6-8-4(2)9-7(13)10-6/h4-5H,1-2,6-7H2,3H3,(H,16,17);4-5H,1-2,6-7H2,3H3,(H,11,12,13,15);1H2,2-3H3,(H,13,14);1H2,2-3H3,(H2,9,10,11,12);3H,1H2,2H3,(H,13,14);1H2,2-3H3,(H,9,10,11,13);1H2,2-3H3,(H,9,10,11,14);3H,1H2,2H3,(H2,8,9,10,11);3H,1H2,2H3,(H,8,9,10,12);3H,1H2,2H3,(H,8,9,10,13). The number of hydrogen-bond acceptors (Lipinski definition) is 53. The van der Waals surface area contributed by atoms with Crippen molar-refractivity contribution in [2.45, 2.75) is 96.9 Å². The number of aromatic nitrogens is 30. The molecule has 10 heterocycles. The van der Waals surface area contributed by atoms with Crippen molar-refractivity contribution in [1.29, 1.82) is 0 Å². The lowest BCUT2D eigenvalue weighted by Crippen LogP contribution is -2.27. The fourth-order valence-corrected chi connectivity index (χ4v) is 8.61. The van der Waals surface area contributed by atoms with Gasteiger partial charge in [0.25, 0.3) is 0 Å². The molecule has 58 nitrogen and oxygen atoms in total. The van der Waals surface area contributed by atoms with Gasteiger partial charge < -0.3 is 79.5 Å². The van der Waals surface area contributed by atoms with Gasteiger partial charge in [0.15, 0.2) is 0 Å². The summed E-state index contributed by atoms with van der Waals surface area (Å²) in [6, 6.07) is -1.40. The first-order valence-electron chi connectivity index (χ1n) is 39.4. The smallest absolute Gasteiger partial charge is 0.374 e. The van der Waals surface area contributed by atoms with Crippen LogP contribution in [-0.4, -0.2) is 257 Å². The van der Waals surface area contributed by atoms with Gasteiger partial charge in [-0.1, -0.05) is 76.9 Å². The molecule has 61 heteroatoms. The van der Waals surface area contributed by atoms with E-state index in [4.69, 9.17) is 77.7 Å². The number of aryl methyl sites for hydroxylation is 10. The van der Waals surface area contributed by atoms with E-state index in [1.54, 1.807) is 84.6 Å². The fourth-order valence-electron chi connectivity index (χ4n) is 7.95. The van der Waals surface area contributed by atoms with Gasteiger partial charge >= 0.3 is 125 Å². The first kappa shape index (κ1) is 123. The maximum absolute atomic E-state index is 11.1. The van der Waals surface area contributed by atoms with E-state index < -0.39 is 88.7 Å². The molecule has 0 aliphatic heterocycles. The molecule has 0 atom stereocenters. The van der Waals surface area contributed by atoms with Crippen molar-refractivity contribution in [3.05, 3.63) is 261 Å². The predicted octanol–water partition coefficient (Wildman–Crippen LogP) is 5.28. The highest BCUT2D eigenvalue weighted by Gasteiger charge is 2.20. The largest absolute Gasteiger partial charge is 0.475 e. The number of anilines is 4. The van der Waals surface area contributed by atoms with Crippen LogP contribution in [0.3, 0.4) is 0 Å². The Kier molecular flexibility index (Phi) is 53.7. The lowest BCUT2D eigenvalue weighted by molar-refractivity contribution is -0.131. The van der Waals surface area contributed by atoms with Crippen LogP contribution in [0, 0.1) is 83.6 Å². The van der Waals surface area contributed by atoms with Gasteiger partial charge in [-0.05, 0) is 134 Å². The number of nitrogens with two attached hydrogens (primary N) is 2. The Labute approximate surface area is 830 Å². The van der Waals surface area contributed by atoms with Crippen molar-refractivity contribution < 1.29 is 106 Å². The van der Waals surface area contributed by atoms with E-state index in [2.05, 4.69) is 252 Å². The number of aromatic carboxylic acids is 3. The summed E-state index contributed by atoms with van der Waals surface area (Å²) in [5.41, 5.74) is 10.3. The summed E-state index contributed by atoms with van der Waals surface area (Å²) in [5.74, 6) is -5.27. The number of rotatable bonds is 29. The zero-order valence-electron chi connectivity index (χ0n) is 79.3. The Morgan fingerprint density at radius 3 is 0.882 bits per heavy atom. The van der Waals surface area contributed by atoms with Gasteiger partial charge in [-0.25, -0.2) is 92.2 Å². The number of nitrogen functional groups attached to an aromatic ring is 2. The average Bonchev–Trinajstić information content (AvgIpc) is 0.844. The lowest BCUT2D eigenvalue weighted by Gasteiger charge is -2.19. The number of H-pyrrole nitrogens is 5. The van der Waals surface area contributed by atoms with Crippen LogP contribution >= 0.6 is 36.7 Å². The summed E-state index contributed by atoms with van der Waals surface area (Å²) >= 11 is 14.4. The molecular weight excluding hydrogens is 1950 g/mol. The van der Waals surface area contributed by atoms with E-state index in [0.717, 1.165) is 30.1 Å². The number of carbonyl (C=O) groups is 11. The van der Waals surface area contributed by atoms with Gasteiger partial charge in [-0.3, -0.25) is 19.9 Å². The number of hydrogen-bond donors (Lipinski definition) is 10. The molecule has 10 aromatic rings. The number of carboxylic acid groups (broad SMARTS) is 3. The molecule has 0 bridgehead atoms. The average molecular weight is 2050 g/mol. The molecule has 10 aromatic heterocycles. The SMILES string of the molecule is C=C(C)C(=O)Oc1nc(=S)nc(C)[nH]1.C=C(C)C(=O)Oc1nc(C)[nH]c(=O)n1.C=C(C)C(=O)Oc1nc(C)nc(C(=O)O)n1.C=C(C)C(=O)Oc1nc(C)nc(N)n1.C=CC(=O)Oc1nc(=S)nc(C)[nH]1.C=CC(=O)Oc1nc(C)[nH]c(=O)n1.C=CC(=O)Oc1nc(C)nc(C(=O)O)n1.C=CC(=O)Oc1nc(C)nc(N)n1.C=CCN(CC=C)c1nc(=S)nc(C)[nH]1.C=CCN(CC=C)c1nc(C)nc(C(=O)O)n1. The predicted molar refractivity (Wildman–Crippen MR) is 514 cm³/mol. The Balaban J connectivity index is 0.000000801. The van der Waals surface area contributed by atoms with Crippen molar-refractivity contribution in [3.63, 3.8) is 0 Å². The highest BCUT2D eigenvalue weighted by atomic mass is 32.1. The van der Waals surface area contributed by atoms with Gasteiger partial charge in [-0.2, -0.15) is 84.7 Å². The number of carboxylic acids is 3. The second-order valence-corrected chi connectivity index (χ2v) is 27.3. The molecular formula is C83H94N34O24S3. The monoisotopic (exact) mass is 2050 g/mol. The molecule has 0 aliphatic rings. The van der Waals surface area contributed by atoms with Crippen molar-refractivity contribution in [1.82, 2.24) is 150 Å². The van der Waals surface area contributed by atoms with Crippen LogP contribution in [0.1, 0.15) is 118 Å². The Bertz CT molecular complexity index is 6610. The third kappa shape index (κ3) is 51.0. The van der Waals surface area contributed by atoms with Gasteiger partial charge in [0.05, 0.1) is 0 Å². The quantitative estimate of drug-likeness (QED) is 0.0123. The highest BCUT2D eigenvalue weighted by Crippen LogP contribution is 2.14. The Hall–Kier alpha value is -19.4. The van der Waals surface area contributed by atoms with E-state index in [0.29, 0.717) is 89.2 Å². The number of esters is 8. The molecule has 0 aliphatic carbocycles. The van der Waals surface area contributed by atoms with Crippen LogP contribution < -0.4 is 70.5 Å². The normalized spacial score (nSPS) is 9.51. The topological polar surface area (TPSA) is 816 Å². The van der Waals surface area contributed by atoms with Crippen LogP contribution in [-0.2, 0) is 38.4 Å². The van der Waals surface area contributed by atoms with Crippen molar-refractivity contribution in [2.24, 2.45) is 0 Å². The summed E-state index contributed by atoms with van der Waals surface area (Å²) in [4.78, 5) is 250. The maximum atomic E-state index is 11.1. The van der Waals surface area contributed by atoms with Gasteiger partial charge in [-0.15, -0.1) is 36.3 Å². The highest BCUT2D eigenvalue weighted by molar-refractivity contribution is 7.71. The van der Waals surface area contributed by atoms with Crippen molar-refractivity contribution in [2.75, 3.05) is 47.4 Å². The van der Waals surface area contributed by atoms with Gasteiger partial charge in [0.2, 0.25) is 55.6 Å². The molecule has 0 aromatic carbocycles. The second kappa shape index (κ2) is 63.1. The number of nitrogens with one attached hydrogen (secondary N) is 5. The number of nitrogens with zero attached hydrogens (tertiary/aromatic N) is 27. The summed E-state index contributed by atoms with van der Waals surface area (Å²) in [5, 5.41) is 26.1. The lowest BCUT2D eigenvalue weighted by atomic mass is 10.4. The summed E-state index contributed by atoms with van der Waals surface area (Å²) < 4.78 is 37.9. The molecule has 0 spiro atoms. The van der Waals surface area contributed by atoms with E-state index in [1.807, 2.05) is 11.8 Å². The molecule has 0 radical (unpaired) electrons. The molecule has 0 saturated heterocycles. The molecule has 0 unspecified atom stereocenters. The van der Waals surface area contributed by atoms with E-state index in [9.17, 15) is 62.3 Å². The van der Waals surface area contributed by atoms with Gasteiger partial charge in [0, 0.05) is 72.8 Å². The molecule has 144 heavy (non-hydrogen) atoms. The maximum Gasteiger partial charge on any atom is 0.374 e. The van der Waals surface area contributed by atoms with Crippen LogP contribution in [0.25, 0.3) is 0 Å². The van der Waals surface area contributed by atoms with Gasteiger partial charge in [0.1, 0.15) is 58.2 Å². The number of ether oxygens (including phenoxy) is 8. The van der Waals surface area contributed by atoms with Crippen molar-refractivity contribution >= 4 is 126 Å². The number of aromatic amines is 5. The molecule has 0 saturated carbocycles. The second-order valence-electron chi connectivity index (χ2n) is 26.2. The van der Waals surface area contributed by atoms with Crippen LogP contribution in [0.4, 0.5) is 23.8 Å². The minimum atomic E-state index is -1.32. The first-order valence-corrected chi connectivity index (χ1v) is 40.6. The Morgan fingerprint density at radius 2 is 0.569 bits per heavy atom. The summed E-state index contributed by atoms with van der Waals surface area (Å²) in [7, 11) is 0. The molecule has 0 amide bonds. The van der Waals surface area contributed by atoms with E-state index in [-0.39, 0.29) is 104 Å². The molecule has 758 valence electrons. The zero-order valence-corrected chi connectivity index (χ0v) is 81.8. The van der Waals surface area contributed by atoms with E-state index >= 15 is 0 Å². The fraction of sp³-hybridized carbons (Fsp3) is 0.217. The minimum absolute atomic E-state index is 0.0133. The zero-order chi connectivity index (χ0) is 109. The van der Waals surface area contributed by atoms with Crippen LogP contribution in [0.15, 0.2) is 159 Å². The van der Waals surface area contributed by atoms with Crippen molar-refractivity contribution in [3.8, 4) is 48.1 Å². The molecule has 10 rings (SSSR count). The summed E-state index contributed by atoms with van der Waals surface area (Å²) in [6.07, 6.45) is 10.9.